The number of nitrogens with two attached hydrogens (primary N) is 1. The van der Waals surface area contributed by atoms with Crippen LogP contribution in [0.25, 0.3) is 22.0 Å². The van der Waals surface area contributed by atoms with Crippen molar-refractivity contribution in [1.29, 1.82) is 0 Å². The maximum Gasteiger partial charge on any atom is 0.221 e. The fourth-order valence-corrected chi connectivity index (χ4v) is 5.29. The molecule has 1 amide bonds. The zero-order valence-electron chi connectivity index (χ0n) is 20.7. The SMILES string of the molecule is NC(=O)Cc1cccc(C2CCN(CCCNc3cc(-c4ccccc4)c4ccccc4n3)CC2)c1. The number of hydrogen-bond acceptors (Lipinski definition) is 4. The van der Waals surface area contributed by atoms with E-state index in [2.05, 4.69) is 83.0 Å². The first-order valence-electron chi connectivity index (χ1n) is 12.9. The van der Waals surface area contributed by atoms with Crippen molar-refractivity contribution in [3.8, 4) is 11.1 Å². The second kappa shape index (κ2) is 11.4. The van der Waals surface area contributed by atoms with Gasteiger partial charge in [0.2, 0.25) is 5.91 Å². The summed E-state index contributed by atoms with van der Waals surface area (Å²) in [5, 5.41) is 4.75. The summed E-state index contributed by atoms with van der Waals surface area (Å²) in [4.78, 5) is 18.7. The van der Waals surface area contributed by atoms with Crippen LogP contribution in [0.15, 0.2) is 84.9 Å². The zero-order chi connectivity index (χ0) is 24.7. The van der Waals surface area contributed by atoms with Crippen LogP contribution in [0.4, 0.5) is 5.82 Å². The molecule has 1 aliphatic heterocycles. The van der Waals surface area contributed by atoms with Crippen molar-refractivity contribution in [2.24, 2.45) is 5.73 Å². The number of fused-ring (bicyclic) bond motifs is 1. The maximum absolute atomic E-state index is 11.3. The Hall–Kier alpha value is -3.70. The number of pyridine rings is 1. The molecule has 0 aliphatic carbocycles. The van der Waals surface area contributed by atoms with Gasteiger partial charge in [0.1, 0.15) is 5.82 Å². The van der Waals surface area contributed by atoms with Crippen molar-refractivity contribution in [3.05, 3.63) is 96.1 Å². The largest absolute Gasteiger partial charge is 0.370 e. The van der Waals surface area contributed by atoms with Gasteiger partial charge in [0.25, 0.3) is 0 Å². The molecule has 2 heterocycles. The Balaban J connectivity index is 1.14. The summed E-state index contributed by atoms with van der Waals surface area (Å²) in [7, 11) is 0. The van der Waals surface area contributed by atoms with Crippen LogP contribution in [-0.2, 0) is 11.2 Å². The second-order valence-corrected chi connectivity index (χ2v) is 9.72. The predicted octanol–water partition coefficient (Wildman–Crippen LogP) is 5.61. The number of rotatable bonds is 9. The first kappa shape index (κ1) is 24.0. The van der Waals surface area contributed by atoms with Gasteiger partial charge in [-0.1, -0.05) is 72.8 Å². The molecule has 1 fully saturated rings. The highest BCUT2D eigenvalue weighted by Gasteiger charge is 2.20. The Morgan fingerprint density at radius 2 is 1.72 bits per heavy atom. The third-order valence-electron chi connectivity index (χ3n) is 7.15. The van der Waals surface area contributed by atoms with Crippen molar-refractivity contribution in [2.45, 2.75) is 31.6 Å². The minimum atomic E-state index is -0.272. The number of benzene rings is 3. The number of para-hydroxylation sites is 1. The molecule has 0 atom stereocenters. The summed E-state index contributed by atoms with van der Waals surface area (Å²) < 4.78 is 0. The van der Waals surface area contributed by atoms with E-state index in [1.165, 1.54) is 22.1 Å². The van der Waals surface area contributed by atoms with Crippen molar-refractivity contribution in [1.82, 2.24) is 9.88 Å². The van der Waals surface area contributed by atoms with Gasteiger partial charge in [-0.05, 0) is 79.2 Å². The fourth-order valence-electron chi connectivity index (χ4n) is 5.29. The second-order valence-electron chi connectivity index (χ2n) is 9.72. The first-order valence-corrected chi connectivity index (χ1v) is 12.9. The Labute approximate surface area is 213 Å². The van der Waals surface area contributed by atoms with Gasteiger partial charge in [0.15, 0.2) is 0 Å². The number of likely N-dealkylation sites (tertiary alicyclic amines) is 1. The van der Waals surface area contributed by atoms with Gasteiger partial charge in [0.05, 0.1) is 11.9 Å². The van der Waals surface area contributed by atoms with E-state index < -0.39 is 0 Å². The number of amides is 1. The lowest BCUT2D eigenvalue weighted by Gasteiger charge is -2.32. The highest BCUT2D eigenvalue weighted by molar-refractivity contribution is 5.96. The van der Waals surface area contributed by atoms with E-state index in [4.69, 9.17) is 10.7 Å². The lowest BCUT2D eigenvalue weighted by Crippen LogP contribution is -2.34. The van der Waals surface area contributed by atoms with Crippen molar-refractivity contribution < 1.29 is 4.79 Å². The molecule has 5 rings (SSSR count). The van der Waals surface area contributed by atoms with E-state index in [1.807, 2.05) is 12.1 Å². The number of carbonyl (C=O) groups excluding carboxylic acids is 1. The molecule has 3 aromatic carbocycles. The van der Waals surface area contributed by atoms with Crippen LogP contribution in [0.1, 0.15) is 36.3 Å². The van der Waals surface area contributed by atoms with Crippen LogP contribution >= 0.6 is 0 Å². The third-order valence-corrected chi connectivity index (χ3v) is 7.15. The lowest BCUT2D eigenvalue weighted by molar-refractivity contribution is -0.117. The molecular weight excluding hydrogens is 444 g/mol. The topological polar surface area (TPSA) is 71.2 Å². The van der Waals surface area contributed by atoms with E-state index >= 15 is 0 Å². The van der Waals surface area contributed by atoms with Crippen LogP contribution < -0.4 is 11.1 Å². The molecule has 1 aliphatic rings. The van der Waals surface area contributed by atoms with E-state index in [0.29, 0.717) is 12.3 Å². The summed E-state index contributed by atoms with van der Waals surface area (Å²) in [6, 6.07) is 29.4. The van der Waals surface area contributed by atoms with Gasteiger partial charge in [-0.2, -0.15) is 0 Å². The van der Waals surface area contributed by atoms with Gasteiger partial charge in [0, 0.05) is 11.9 Å². The van der Waals surface area contributed by atoms with E-state index in [-0.39, 0.29) is 5.91 Å². The summed E-state index contributed by atoms with van der Waals surface area (Å²) >= 11 is 0. The van der Waals surface area contributed by atoms with Crippen molar-refractivity contribution in [2.75, 3.05) is 31.5 Å². The fraction of sp³-hybridized carbons (Fsp3) is 0.290. The van der Waals surface area contributed by atoms with Crippen LogP contribution in [0.2, 0.25) is 0 Å². The average Bonchev–Trinajstić information content (AvgIpc) is 2.91. The summed E-state index contributed by atoms with van der Waals surface area (Å²) in [6.45, 7) is 4.20. The number of carbonyl (C=O) groups is 1. The monoisotopic (exact) mass is 478 g/mol. The molecule has 3 N–H and O–H groups in total. The van der Waals surface area contributed by atoms with E-state index in [0.717, 1.165) is 62.3 Å². The van der Waals surface area contributed by atoms with Gasteiger partial charge in [-0.25, -0.2) is 4.98 Å². The molecule has 0 spiro atoms. The number of piperidine rings is 1. The normalized spacial score (nSPS) is 14.7. The number of nitrogens with zero attached hydrogens (tertiary/aromatic N) is 2. The molecule has 0 radical (unpaired) electrons. The molecule has 4 aromatic rings. The highest BCUT2D eigenvalue weighted by Crippen LogP contribution is 2.31. The van der Waals surface area contributed by atoms with Crippen LogP contribution in [-0.4, -0.2) is 42.0 Å². The van der Waals surface area contributed by atoms with Gasteiger partial charge >= 0.3 is 0 Å². The molecule has 0 unspecified atom stereocenters. The Kier molecular flexibility index (Phi) is 7.58. The molecule has 5 heteroatoms. The predicted molar refractivity (Wildman–Crippen MR) is 148 cm³/mol. The maximum atomic E-state index is 11.3. The van der Waals surface area contributed by atoms with Gasteiger partial charge < -0.3 is 16.0 Å². The van der Waals surface area contributed by atoms with Gasteiger partial charge in [-0.15, -0.1) is 0 Å². The molecule has 1 aromatic heterocycles. The van der Waals surface area contributed by atoms with E-state index in [9.17, 15) is 4.79 Å². The molecule has 184 valence electrons. The van der Waals surface area contributed by atoms with Crippen LogP contribution in [0.3, 0.4) is 0 Å². The van der Waals surface area contributed by atoms with Crippen molar-refractivity contribution >= 4 is 22.6 Å². The lowest BCUT2D eigenvalue weighted by atomic mass is 9.88. The minimum Gasteiger partial charge on any atom is -0.370 e. The minimum absolute atomic E-state index is 0.272. The average molecular weight is 479 g/mol. The smallest absolute Gasteiger partial charge is 0.221 e. The Morgan fingerprint density at radius 3 is 2.53 bits per heavy atom. The standard InChI is InChI=1S/C31H34N4O/c32-30(36)21-23-8-6-11-26(20-23)24-14-18-35(19-15-24)17-7-16-33-31-22-28(25-9-2-1-3-10-25)27-12-4-5-13-29(27)34-31/h1-6,8-13,20,22,24H,7,14-19,21H2,(H2,32,36)(H,33,34). The number of hydrogen-bond donors (Lipinski definition) is 2. The zero-order valence-corrected chi connectivity index (χ0v) is 20.7. The molecule has 0 saturated carbocycles. The molecular formula is C31H34N4O. The highest BCUT2D eigenvalue weighted by atomic mass is 16.1. The van der Waals surface area contributed by atoms with E-state index in [1.54, 1.807) is 0 Å². The first-order chi connectivity index (χ1) is 17.7. The molecule has 1 saturated heterocycles. The number of nitrogens with one attached hydrogen (secondary N) is 1. The molecule has 5 nitrogen and oxygen atoms in total. The van der Waals surface area contributed by atoms with Gasteiger partial charge in [-0.3, -0.25) is 4.79 Å². The number of primary amides is 1. The number of anilines is 1. The Bertz CT molecular complexity index is 1310. The van der Waals surface area contributed by atoms with Crippen LogP contribution in [0, 0.1) is 0 Å². The summed E-state index contributed by atoms with van der Waals surface area (Å²) in [5.41, 5.74) is 11.2. The number of aromatic nitrogens is 1. The van der Waals surface area contributed by atoms with Crippen molar-refractivity contribution in [3.63, 3.8) is 0 Å². The Morgan fingerprint density at radius 1 is 0.944 bits per heavy atom. The quantitative estimate of drug-likeness (QED) is 0.307. The summed E-state index contributed by atoms with van der Waals surface area (Å²) in [5.74, 6) is 1.22. The molecule has 0 bridgehead atoms. The van der Waals surface area contributed by atoms with Crippen LogP contribution in [0.5, 0.6) is 0 Å². The molecule has 36 heavy (non-hydrogen) atoms. The summed E-state index contributed by atoms with van der Waals surface area (Å²) in [6.07, 6.45) is 3.70. The third kappa shape index (κ3) is 5.92.